The van der Waals surface area contributed by atoms with E-state index < -0.39 is 0 Å². The molecule has 0 N–H and O–H groups in total. The number of para-hydroxylation sites is 1. The number of fused-ring (bicyclic) bond motifs is 1. The zero-order valence-corrected chi connectivity index (χ0v) is 18.7. The average Bonchev–Trinajstić information content (AvgIpc) is 2.99. The Hall–Kier alpha value is -2.58. The minimum Gasteiger partial charge on any atom is -0.493 e. The van der Waals surface area contributed by atoms with Crippen molar-refractivity contribution in [1.82, 2.24) is 19.6 Å². The second-order valence-electron chi connectivity index (χ2n) is 7.95. The van der Waals surface area contributed by atoms with Crippen LogP contribution in [-0.2, 0) is 30.9 Å². The van der Waals surface area contributed by atoms with Gasteiger partial charge in [-0.3, -0.25) is 14.4 Å². The van der Waals surface area contributed by atoms with Crippen molar-refractivity contribution in [2.75, 3.05) is 47.0 Å². The molecule has 1 amide bonds. The van der Waals surface area contributed by atoms with Crippen molar-refractivity contribution in [3.8, 4) is 11.5 Å². The summed E-state index contributed by atoms with van der Waals surface area (Å²) in [6.07, 6.45) is 1.85. The molecule has 8 nitrogen and oxygen atoms in total. The van der Waals surface area contributed by atoms with Gasteiger partial charge in [0.05, 0.1) is 38.7 Å². The molecule has 31 heavy (non-hydrogen) atoms. The van der Waals surface area contributed by atoms with E-state index in [0.29, 0.717) is 30.2 Å². The number of ether oxygens (including phenoxy) is 3. The SMILES string of the molecule is CCn1nc(CN2CCCN(C(=O)c3cccc(OC)c3OC)CC2)c2c1CCOC2. The van der Waals surface area contributed by atoms with Gasteiger partial charge >= 0.3 is 0 Å². The maximum absolute atomic E-state index is 13.2. The Morgan fingerprint density at radius 2 is 2.03 bits per heavy atom. The fourth-order valence-corrected chi connectivity index (χ4v) is 4.54. The molecule has 1 fully saturated rings. The van der Waals surface area contributed by atoms with Crippen LogP contribution >= 0.6 is 0 Å². The van der Waals surface area contributed by atoms with Gasteiger partial charge < -0.3 is 19.1 Å². The van der Waals surface area contributed by atoms with Gasteiger partial charge in [0.1, 0.15) is 0 Å². The molecular weight excluding hydrogens is 396 g/mol. The molecule has 0 bridgehead atoms. The first kappa shape index (κ1) is 21.6. The molecule has 0 unspecified atom stereocenters. The van der Waals surface area contributed by atoms with E-state index in [9.17, 15) is 4.79 Å². The number of carbonyl (C=O) groups excluding carboxylic acids is 1. The van der Waals surface area contributed by atoms with Crippen molar-refractivity contribution in [3.05, 3.63) is 40.7 Å². The lowest BCUT2D eigenvalue weighted by Gasteiger charge is -2.23. The first-order chi connectivity index (χ1) is 15.2. The third-order valence-electron chi connectivity index (χ3n) is 6.16. The molecule has 0 spiro atoms. The van der Waals surface area contributed by atoms with Gasteiger partial charge in [-0.2, -0.15) is 5.10 Å². The number of aromatic nitrogens is 2. The smallest absolute Gasteiger partial charge is 0.257 e. The van der Waals surface area contributed by atoms with E-state index in [1.807, 2.05) is 11.0 Å². The van der Waals surface area contributed by atoms with Crippen LogP contribution in [0.4, 0.5) is 0 Å². The lowest BCUT2D eigenvalue weighted by atomic mass is 10.1. The summed E-state index contributed by atoms with van der Waals surface area (Å²) < 4.78 is 18.6. The van der Waals surface area contributed by atoms with Gasteiger partial charge in [-0.05, 0) is 25.5 Å². The molecule has 1 saturated heterocycles. The normalized spacial score (nSPS) is 17.2. The standard InChI is InChI=1S/C23H32N4O4/c1-4-27-20-9-14-31-16-18(20)19(24-27)15-25-10-6-11-26(13-12-25)23(28)17-7-5-8-21(29-2)22(17)30-3/h5,7-8H,4,6,9-16H2,1-3H3. The molecule has 168 valence electrons. The number of methoxy groups -OCH3 is 2. The molecule has 2 aromatic rings. The Morgan fingerprint density at radius 3 is 2.81 bits per heavy atom. The molecule has 0 radical (unpaired) electrons. The van der Waals surface area contributed by atoms with Crippen LogP contribution in [0.1, 0.15) is 40.7 Å². The van der Waals surface area contributed by atoms with Crippen LogP contribution in [0.5, 0.6) is 11.5 Å². The van der Waals surface area contributed by atoms with Crippen LogP contribution in [0.3, 0.4) is 0 Å². The van der Waals surface area contributed by atoms with Gasteiger partial charge in [-0.1, -0.05) is 6.07 Å². The van der Waals surface area contributed by atoms with Gasteiger partial charge in [0.25, 0.3) is 5.91 Å². The fourth-order valence-electron chi connectivity index (χ4n) is 4.54. The second kappa shape index (κ2) is 9.70. The molecule has 3 heterocycles. The maximum Gasteiger partial charge on any atom is 0.257 e. The Bertz CT molecular complexity index is 927. The van der Waals surface area contributed by atoms with E-state index in [1.165, 1.54) is 11.3 Å². The largest absolute Gasteiger partial charge is 0.493 e. The number of hydrogen-bond donors (Lipinski definition) is 0. The van der Waals surface area contributed by atoms with Crippen molar-refractivity contribution in [3.63, 3.8) is 0 Å². The molecule has 2 aliphatic rings. The quantitative estimate of drug-likeness (QED) is 0.704. The molecule has 4 rings (SSSR count). The third kappa shape index (κ3) is 4.41. The first-order valence-electron chi connectivity index (χ1n) is 11.0. The monoisotopic (exact) mass is 428 g/mol. The Labute approximate surface area is 183 Å². The summed E-state index contributed by atoms with van der Waals surface area (Å²) in [5.74, 6) is 1.05. The van der Waals surface area contributed by atoms with Crippen LogP contribution in [0, 0.1) is 0 Å². The van der Waals surface area contributed by atoms with Crippen molar-refractivity contribution < 1.29 is 19.0 Å². The molecule has 8 heteroatoms. The summed E-state index contributed by atoms with van der Waals surface area (Å²) in [6.45, 7) is 8.38. The summed E-state index contributed by atoms with van der Waals surface area (Å²) in [7, 11) is 3.15. The van der Waals surface area contributed by atoms with Gasteiger partial charge in [0.15, 0.2) is 11.5 Å². The number of amides is 1. The van der Waals surface area contributed by atoms with E-state index in [-0.39, 0.29) is 5.91 Å². The first-order valence-corrected chi connectivity index (χ1v) is 11.0. The summed E-state index contributed by atoms with van der Waals surface area (Å²) in [5.41, 5.74) is 4.24. The summed E-state index contributed by atoms with van der Waals surface area (Å²) >= 11 is 0. The predicted molar refractivity (Wildman–Crippen MR) is 117 cm³/mol. The predicted octanol–water partition coefficient (Wildman–Crippen LogP) is 2.34. The van der Waals surface area contributed by atoms with Crippen molar-refractivity contribution in [1.29, 1.82) is 0 Å². The molecule has 1 aromatic carbocycles. The maximum atomic E-state index is 13.2. The number of carbonyl (C=O) groups is 1. The zero-order chi connectivity index (χ0) is 21.8. The lowest BCUT2D eigenvalue weighted by Crippen LogP contribution is -2.35. The summed E-state index contributed by atoms with van der Waals surface area (Å²) in [5, 5.41) is 4.86. The van der Waals surface area contributed by atoms with Crippen molar-refractivity contribution in [2.24, 2.45) is 0 Å². The number of benzene rings is 1. The third-order valence-corrected chi connectivity index (χ3v) is 6.16. The highest BCUT2D eigenvalue weighted by Crippen LogP contribution is 2.31. The molecular formula is C23H32N4O4. The molecule has 0 atom stereocenters. The lowest BCUT2D eigenvalue weighted by molar-refractivity contribution is 0.0757. The number of aryl methyl sites for hydroxylation is 1. The van der Waals surface area contributed by atoms with Gasteiger partial charge in [-0.15, -0.1) is 0 Å². The Balaban J connectivity index is 1.45. The second-order valence-corrected chi connectivity index (χ2v) is 7.95. The van der Waals surface area contributed by atoms with Crippen molar-refractivity contribution in [2.45, 2.75) is 39.5 Å². The van der Waals surface area contributed by atoms with E-state index in [0.717, 1.165) is 57.9 Å². The highest BCUT2D eigenvalue weighted by atomic mass is 16.5. The topological polar surface area (TPSA) is 69.1 Å². The average molecular weight is 429 g/mol. The molecule has 0 aliphatic carbocycles. The molecule has 1 aromatic heterocycles. The minimum absolute atomic E-state index is 0.0151. The van der Waals surface area contributed by atoms with E-state index in [4.69, 9.17) is 19.3 Å². The van der Waals surface area contributed by atoms with Crippen LogP contribution in [0.2, 0.25) is 0 Å². The molecule has 2 aliphatic heterocycles. The number of nitrogens with zero attached hydrogens (tertiary/aromatic N) is 4. The minimum atomic E-state index is -0.0151. The Kier molecular flexibility index (Phi) is 6.77. The number of rotatable bonds is 6. The van der Waals surface area contributed by atoms with Crippen LogP contribution in [0.15, 0.2) is 18.2 Å². The van der Waals surface area contributed by atoms with Crippen LogP contribution in [0.25, 0.3) is 0 Å². The summed E-state index contributed by atoms with van der Waals surface area (Å²) in [4.78, 5) is 17.6. The van der Waals surface area contributed by atoms with Gasteiger partial charge in [0, 0.05) is 56.9 Å². The number of hydrogen-bond acceptors (Lipinski definition) is 6. The van der Waals surface area contributed by atoms with E-state index >= 15 is 0 Å². The summed E-state index contributed by atoms with van der Waals surface area (Å²) in [6, 6.07) is 5.43. The fraction of sp³-hybridized carbons (Fsp3) is 0.565. The highest BCUT2D eigenvalue weighted by molar-refractivity contribution is 5.97. The van der Waals surface area contributed by atoms with Gasteiger partial charge in [0.2, 0.25) is 0 Å². The zero-order valence-electron chi connectivity index (χ0n) is 18.7. The van der Waals surface area contributed by atoms with Crippen molar-refractivity contribution >= 4 is 5.91 Å². The van der Waals surface area contributed by atoms with E-state index in [2.05, 4.69) is 16.5 Å². The highest BCUT2D eigenvalue weighted by Gasteiger charge is 2.26. The van der Waals surface area contributed by atoms with Crippen LogP contribution < -0.4 is 9.47 Å². The van der Waals surface area contributed by atoms with Gasteiger partial charge in [-0.25, -0.2) is 0 Å². The van der Waals surface area contributed by atoms with E-state index in [1.54, 1.807) is 26.4 Å². The van der Waals surface area contributed by atoms with Crippen LogP contribution in [-0.4, -0.2) is 72.5 Å². The molecule has 0 saturated carbocycles. The Morgan fingerprint density at radius 1 is 1.16 bits per heavy atom.